The summed E-state index contributed by atoms with van der Waals surface area (Å²) in [5.41, 5.74) is 2.58. The summed E-state index contributed by atoms with van der Waals surface area (Å²) in [4.78, 5) is 29.5. The topological polar surface area (TPSA) is 52.7 Å². The summed E-state index contributed by atoms with van der Waals surface area (Å²) in [6.45, 7) is 0.557. The van der Waals surface area contributed by atoms with Gasteiger partial charge < -0.3 is 10.2 Å². The van der Waals surface area contributed by atoms with Crippen molar-refractivity contribution in [1.82, 2.24) is 4.90 Å². The Morgan fingerprint density at radius 3 is 2.10 bits per heavy atom. The molecule has 1 aliphatic rings. The fraction of sp³-hybridized carbons (Fsp3) is 0.160. The van der Waals surface area contributed by atoms with Crippen molar-refractivity contribution in [2.45, 2.75) is 18.9 Å². The highest BCUT2D eigenvalue weighted by atomic mass is 32.1. The molecule has 0 saturated carbocycles. The van der Waals surface area contributed by atoms with Gasteiger partial charge in [-0.05, 0) is 48.5 Å². The molecule has 3 aromatic rings. The lowest BCUT2D eigenvalue weighted by atomic mass is 10.1. The Hall–Kier alpha value is -3.51. The van der Waals surface area contributed by atoms with Gasteiger partial charge in [0, 0.05) is 12.2 Å². The van der Waals surface area contributed by atoms with Crippen molar-refractivity contribution in [3.63, 3.8) is 0 Å². The second-order valence-corrected chi connectivity index (χ2v) is 7.72. The van der Waals surface area contributed by atoms with Gasteiger partial charge in [-0.3, -0.25) is 14.5 Å². The molecule has 6 heteroatoms. The van der Waals surface area contributed by atoms with E-state index in [1.165, 1.54) is 0 Å². The van der Waals surface area contributed by atoms with Crippen LogP contribution in [0.4, 0.5) is 11.4 Å². The third-order valence-corrected chi connectivity index (χ3v) is 5.67. The first-order chi connectivity index (χ1) is 15.1. The predicted molar refractivity (Wildman–Crippen MR) is 127 cm³/mol. The minimum atomic E-state index is -0.639. The second-order valence-electron chi connectivity index (χ2n) is 7.35. The Balaban J connectivity index is 1.55. The van der Waals surface area contributed by atoms with Gasteiger partial charge in [0.25, 0.3) is 5.91 Å². The molecule has 3 aromatic carbocycles. The van der Waals surface area contributed by atoms with Crippen molar-refractivity contribution in [3.8, 4) is 0 Å². The fourth-order valence-corrected chi connectivity index (χ4v) is 4.12. The maximum absolute atomic E-state index is 13.3. The highest BCUT2D eigenvalue weighted by Crippen LogP contribution is 2.27. The highest BCUT2D eigenvalue weighted by Gasteiger charge is 2.43. The first-order valence-corrected chi connectivity index (χ1v) is 10.6. The summed E-state index contributed by atoms with van der Waals surface area (Å²) in [6.07, 6.45) is 0.764. The zero-order valence-corrected chi connectivity index (χ0v) is 17.8. The maximum atomic E-state index is 13.3. The number of benzene rings is 3. The molecule has 1 saturated heterocycles. The summed E-state index contributed by atoms with van der Waals surface area (Å²) in [6, 6.07) is 28.0. The molecule has 0 radical (unpaired) electrons. The number of thiocarbonyl (C=S) groups is 1. The van der Waals surface area contributed by atoms with Gasteiger partial charge in [-0.2, -0.15) is 0 Å². The van der Waals surface area contributed by atoms with E-state index in [-0.39, 0.29) is 18.2 Å². The van der Waals surface area contributed by atoms with Gasteiger partial charge in [-0.25, -0.2) is 0 Å². The van der Waals surface area contributed by atoms with Crippen LogP contribution in [0.2, 0.25) is 0 Å². The summed E-state index contributed by atoms with van der Waals surface area (Å²) < 4.78 is 0. The van der Waals surface area contributed by atoms with Crippen LogP contribution in [0.5, 0.6) is 0 Å². The van der Waals surface area contributed by atoms with Gasteiger partial charge in [0.15, 0.2) is 5.11 Å². The summed E-state index contributed by atoms with van der Waals surface area (Å²) in [5.74, 6) is -0.389. The van der Waals surface area contributed by atoms with Crippen LogP contribution in [0.1, 0.15) is 12.0 Å². The molecule has 1 fully saturated rings. The summed E-state index contributed by atoms with van der Waals surface area (Å²) >= 11 is 5.70. The predicted octanol–water partition coefficient (Wildman–Crippen LogP) is 4.26. The van der Waals surface area contributed by atoms with E-state index >= 15 is 0 Å². The largest absolute Gasteiger partial charge is 0.336 e. The molecule has 0 aromatic heterocycles. The highest BCUT2D eigenvalue weighted by molar-refractivity contribution is 7.80. The molecule has 0 bridgehead atoms. The molecule has 1 N–H and O–H groups in total. The molecular weight excluding hydrogens is 406 g/mol. The number of nitrogens with one attached hydrogen (secondary N) is 1. The molecule has 0 spiro atoms. The Kier molecular flexibility index (Phi) is 6.38. The molecular formula is C25H23N3O2S. The van der Waals surface area contributed by atoms with E-state index in [0.29, 0.717) is 23.0 Å². The van der Waals surface area contributed by atoms with E-state index in [9.17, 15) is 9.59 Å². The van der Waals surface area contributed by atoms with Crippen LogP contribution in [0, 0.1) is 0 Å². The third kappa shape index (κ3) is 4.81. The Morgan fingerprint density at radius 1 is 0.871 bits per heavy atom. The van der Waals surface area contributed by atoms with Gasteiger partial charge in [0.1, 0.15) is 6.04 Å². The van der Waals surface area contributed by atoms with Crippen LogP contribution in [-0.4, -0.2) is 34.4 Å². The van der Waals surface area contributed by atoms with Gasteiger partial charge in [0.05, 0.1) is 12.1 Å². The number of hydrogen-bond acceptors (Lipinski definition) is 3. The number of hydrogen-bond donors (Lipinski definition) is 1. The van der Waals surface area contributed by atoms with Gasteiger partial charge >= 0.3 is 0 Å². The van der Waals surface area contributed by atoms with Crippen molar-refractivity contribution in [1.29, 1.82) is 0 Å². The number of anilines is 2. The Labute approximate surface area is 187 Å². The quantitative estimate of drug-likeness (QED) is 0.570. The van der Waals surface area contributed by atoms with Crippen LogP contribution >= 0.6 is 12.2 Å². The molecule has 1 atom stereocenters. The van der Waals surface area contributed by atoms with E-state index in [2.05, 4.69) is 5.32 Å². The van der Waals surface area contributed by atoms with Gasteiger partial charge in [-0.15, -0.1) is 0 Å². The van der Waals surface area contributed by atoms with Crippen LogP contribution < -0.4 is 10.2 Å². The van der Waals surface area contributed by atoms with E-state index in [1.807, 2.05) is 95.9 Å². The number of carbonyl (C=O) groups excluding carboxylic acids is 2. The minimum Gasteiger partial charge on any atom is -0.336 e. The Morgan fingerprint density at radius 2 is 1.45 bits per heavy atom. The maximum Gasteiger partial charge on any atom is 0.256 e. The SMILES string of the molecule is O=C(C[C@H]1C(=O)N(c2ccccc2)C(=S)N1CCc1ccccc1)Nc1ccccc1. The summed E-state index contributed by atoms with van der Waals surface area (Å²) in [5, 5.41) is 3.31. The molecule has 0 aliphatic carbocycles. The smallest absolute Gasteiger partial charge is 0.256 e. The fourth-order valence-electron chi connectivity index (χ4n) is 3.71. The molecule has 1 heterocycles. The lowest BCUT2D eigenvalue weighted by Gasteiger charge is -2.24. The first kappa shape index (κ1) is 20.8. The lowest BCUT2D eigenvalue weighted by Crippen LogP contribution is -2.39. The number of nitrogens with zero attached hydrogens (tertiary/aromatic N) is 2. The molecule has 4 rings (SSSR count). The summed E-state index contributed by atoms with van der Waals surface area (Å²) in [7, 11) is 0. The number of carbonyl (C=O) groups is 2. The third-order valence-electron chi connectivity index (χ3n) is 5.25. The minimum absolute atomic E-state index is 0.0337. The second kappa shape index (κ2) is 9.53. The van der Waals surface area contributed by atoms with Gasteiger partial charge in [-0.1, -0.05) is 66.7 Å². The van der Waals surface area contributed by atoms with E-state index in [1.54, 1.807) is 4.90 Å². The lowest BCUT2D eigenvalue weighted by molar-refractivity contribution is -0.124. The first-order valence-electron chi connectivity index (χ1n) is 10.2. The van der Waals surface area contributed by atoms with Crippen molar-refractivity contribution in [3.05, 3.63) is 96.6 Å². The van der Waals surface area contributed by atoms with Crippen LogP contribution in [0.25, 0.3) is 0 Å². The van der Waals surface area contributed by atoms with E-state index in [0.717, 1.165) is 12.0 Å². The van der Waals surface area contributed by atoms with Crippen LogP contribution in [0.15, 0.2) is 91.0 Å². The van der Waals surface area contributed by atoms with Crippen molar-refractivity contribution >= 4 is 40.5 Å². The molecule has 5 nitrogen and oxygen atoms in total. The molecule has 156 valence electrons. The zero-order chi connectivity index (χ0) is 21.6. The monoisotopic (exact) mass is 429 g/mol. The standard InChI is InChI=1S/C25H23N3O2S/c29-23(26-20-12-6-2-7-13-20)18-22-24(30)28(21-14-8-3-9-15-21)25(31)27(22)17-16-19-10-4-1-5-11-19/h1-15,22H,16-18H2,(H,26,29)/t22-/m0/s1. The average molecular weight is 430 g/mol. The van der Waals surface area contributed by atoms with Crippen molar-refractivity contribution in [2.24, 2.45) is 0 Å². The van der Waals surface area contributed by atoms with E-state index < -0.39 is 6.04 Å². The van der Waals surface area contributed by atoms with Crippen molar-refractivity contribution in [2.75, 3.05) is 16.8 Å². The van der Waals surface area contributed by atoms with Crippen LogP contribution in [-0.2, 0) is 16.0 Å². The number of amides is 2. The van der Waals surface area contributed by atoms with Crippen molar-refractivity contribution < 1.29 is 9.59 Å². The Bertz CT molecular complexity index is 1060. The molecule has 31 heavy (non-hydrogen) atoms. The normalized spacial score (nSPS) is 15.9. The van der Waals surface area contributed by atoms with Crippen LogP contribution in [0.3, 0.4) is 0 Å². The molecule has 0 unspecified atom stereocenters. The zero-order valence-electron chi connectivity index (χ0n) is 17.0. The molecule has 2 amide bonds. The average Bonchev–Trinajstić information content (AvgIpc) is 3.03. The van der Waals surface area contributed by atoms with E-state index in [4.69, 9.17) is 12.2 Å². The molecule has 1 aliphatic heterocycles. The number of rotatable bonds is 7. The van der Waals surface area contributed by atoms with Gasteiger partial charge in [0.2, 0.25) is 5.91 Å². The number of para-hydroxylation sites is 2.